The molecule has 0 N–H and O–H groups in total. The SMILES string of the molecule is O=[N+]([O-])c1cc(S(=O)(=O)N2CCOCC2)ccc1N1CCN(Cc2cccnc2)CC1. The zero-order valence-electron chi connectivity index (χ0n) is 17.1. The Kier molecular flexibility index (Phi) is 6.46. The van der Waals surface area contributed by atoms with Crippen LogP contribution in [-0.4, -0.2) is 80.0 Å². The standard InChI is InChI=1S/C20H25N5O5S/c26-25(27)20-14-18(31(28,29)24-10-12-30-13-11-24)3-4-19(20)23-8-6-22(7-9-23)16-17-2-1-5-21-15-17/h1-5,14-15H,6-13,16H2. The molecule has 0 bridgehead atoms. The molecule has 2 aliphatic heterocycles. The minimum absolute atomic E-state index is 0.0555. The van der Waals surface area contributed by atoms with E-state index in [2.05, 4.69) is 9.88 Å². The third-order valence-corrected chi connectivity index (χ3v) is 7.49. The predicted octanol–water partition coefficient (Wildman–Crippen LogP) is 1.33. The summed E-state index contributed by atoms with van der Waals surface area (Å²) >= 11 is 0. The van der Waals surface area contributed by atoms with Gasteiger partial charge in [0.2, 0.25) is 10.0 Å². The van der Waals surface area contributed by atoms with Gasteiger partial charge in [0.1, 0.15) is 5.69 Å². The summed E-state index contributed by atoms with van der Waals surface area (Å²) in [6.45, 7) is 4.66. The van der Waals surface area contributed by atoms with E-state index in [1.807, 2.05) is 23.2 Å². The first-order valence-corrected chi connectivity index (χ1v) is 11.6. The first kappa shape index (κ1) is 21.6. The summed E-state index contributed by atoms with van der Waals surface area (Å²) in [7, 11) is -3.79. The Balaban J connectivity index is 1.49. The van der Waals surface area contributed by atoms with Crippen LogP contribution >= 0.6 is 0 Å². The van der Waals surface area contributed by atoms with E-state index < -0.39 is 14.9 Å². The van der Waals surface area contributed by atoms with Gasteiger partial charge in [-0.25, -0.2) is 8.42 Å². The Morgan fingerprint density at radius 3 is 2.45 bits per heavy atom. The van der Waals surface area contributed by atoms with Crippen molar-refractivity contribution in [2.75, 3.05) is 57.4 Å². The first-order valence-electron chi connectivity index (χ1n) is 10.2. The van der Waals surface area contributed by atoms with Crippen molar-refractivity contribution in [1.82, 2.24) is 14.2 Å². The van der Waals surface area contributed by atoms with Crippen LogP contribution in [-0.2, 0) is 21.3 Å². The molecule has 0 unspecified atom stereocenters. The Morgan fingerprint density at radius 1 is 1.06 bits per heavy atom. The minimum Gasteiger partial charge on any atom is -0.379 e. The van der Waals surface area contributed by atoms with Crippen molar-refractivity contribution in [2.24, 2.45) is 0 Å². The maximum Gasteiger partial charge on any atom is 0.293 e. The van der Waals surface area contributed by atoms with Crippen molar-refractivity contribution in [2.45, 2.75) is 11.4 Å². The van der Waals surface area contributed by atoms with Crippen molar-refractivity contribution in [3.8, 4) is 0 Å². The zero-order chi connectivity index (χ0) is 21.8. The van der Waals surface area contributed by atoms with Gasteiger partial charge < -0.3 is 9.64 Å². The number of benzene rings is 1. The largest absolute Gasteiger partial charge is 0.379 e. The summed E-state index contributed by atoms with van der Waals surface area (Å²) in [6, 6.07) is 8.14. The summed E-state index contributed by atoms with van der Waals surface area (Å²) in [6.07, 6.45) is 3.58. The number of aromatic nitrogens is 1. The van der Waals surface area contributed by atoms with Gasteiger partial charge in [-0.15, -0.1) is 0 Å². The van der Waals surface area contributed by atoms with Gasteiger partial charge in [0.25, 0.3) is 5.69 Å². The van der Waals surface area contributed by atoms with Gasteiger partial charge in [-0.1, -0.05) is 6.07 Å². The zero-order valence-corrected chi connectivity index (χ0v) is 17.9. The number of nitro benzene ring substituents is 1. The highest BCUT2D eigenvalue weighted by molar-refractivity contribution is 7.89. The molecule has 1 aromatic heterocycles. The highest BCUT2D eigenvalue weighted by atomic mass is 32.2. The summed E-state index contributed by atoms with van der Waals surface area (Å²) in [5.74, 6) is 0. The number of ether oxygens (including phenoxy) is 1. The number of piperazine rings is 1. The first-order chi connectivity index (χ1) is 14.9. The quantitative estimate of drug-likeness (QED) is 0.482. The van der Waals surface area contributed by atoms with E-state index in [9.17, 15) is 18.5 Å². The molecule has 0 amide bonds. The lowest BCUT2D eigenvalue weighted by Crippen LogP contribution is -2.46. The molecule has 2 aliphatic rings. The van der Waals surface area contributed by atoms with Crippen molar-refractivity contribution >= 4 is 21.4 Å². The molecular formula is C20H25N5O5S. The number of rotatable bonds is 6. The Bertz CT molecular complexity index is 1020. The van der Waals surface area contributed by atoms with Crippen LogP contribution in [0.25, 0.3) is 0 Å². The summed E-state index contributed by atoms with van der Waals surface area (Å²) in [5.41, 5.74) is 1.39. The molecule has 1 aromatic carbocycles. The third-order valence-electron chi connectivity index (χ3n) is 5.59. The molecule has 0 saturated carbocycles. The van der Waals surface area contributed by atoms with E-state index in [4.69, 9.17) is 4.74 Å². The van der Waals surface area contributed by atoms with Crippen LogP contribution in [0.4, 0.5) is 11.4 Å². The van der Waals surface area contributed by atoms with E-state index in [-0.39, 0.29) is 23.7 Å². The van der Waals surface area contributed by atoms with Crippen LogP contribution in [0.2, 0.25) is 0 Å². The average molecular weight is 448 g/mol. The normalized spacial score (nSPS) is 18.8. The van der Waals surface area contributed by atoms with Crippen LogP contribution < -0.4 is 4.90 Å². The van der Waals surface area contributed by atoms with Crippen LogP contribution in [0.3, 0.4) is 0 Å². The van der Waals surface area contributed by atoms with Gasteiger partial charge in [0.15, 0.2) is 0 Å². The van der Waals surface area contributed by atoms with Gasteiger partial charge in [-0.2, -0.15) is 4.31 Å². The van der Waals surface area contributed by atoms with Gasteiger partial charge in [-0.05, 0) is 23.8 Å². The summed E-state index contributed by atoms with van der Waals surface area (Å²) < 4.78 is 32.3. The number of anilines is 1. The number of sulfonamides is 1. The average Bonchev–Trinajstić information content (AvgIpc) is 2.80. The molecule has 31 heavy (non-hydrogen) atoms. The van der Waals surface area contributed by atoms with E-state index in [1.54, 1.807) is 12.3 Å². The Morgan fingerprint density at radius 2 is 1.81 bits per heavy atom. The molecule has 0 spiro atoms. The lowest BCUT2D eigenvalue weighted by molar-refractivity contribution is -0.384. The fourth-order valence-corrected chi connectivity index (χ4v) is 5.34. The van der Waals surface area contributed by atoms with E-state index in [1.165, 1.54) is 16.4 Å². The number of hydrogen-bond acceptors (Lipinski definition) is 8. The maximum absolute atomic E-state index is 12.9. The highest BCUT2D eigenvalue weighted by Gasteiger charge is 2.30. The second-order valence-corrected chi connectivity index (χ2v) is 9.49. The molecule has 2 fully saturated rings. The van der Waals surface area contributed by atoms with E-state index in [0.717, 1.165) is 25.2 Å². The van der Waals surface area contributed by atoms with Crippen LogP contribution in [0.15, 0.2) is 47.6 Å². The molecular weight excluding hydrogens is 422 g/mol. The lowest BCUT2D eigenvalue weighted by Gasteiger charge is -2.35. The van der Waals surface area contributed by atoms with Crippen molar-refractivity contribution in [3.63, 3.8) is 0 Å². The second kappa shape index (κ2) is 9.27. The molecule has 2 aromatic rings. The van der Waals surface area contributed by atoms with Crippen molar-refractivity contribution in [1.29, 1.82) is 0 Å². The van der Waals surface area contributed by atoms with Gasteiger partial charge >= 0.3 is 0 Å². The highest BCUT2D eigenvalue weighted by Crippen LogP contribution is 2.32. The molecule has 0 radical (unpaired) electrons. The smallest absolute Gasteiger partial charge is 0.293 e. The predicted molar refractivity (Wildman–Crippen MR) is 114 cm³/mol. The molecule has 0 atom stereocenters. The molecule has 10 nitrogen and oxygen atoms in total. The maximum atomic E-state index is 12.9. The number of nitrogens with zero attached hydrogens (tertiary/aromatic N) is 5. The number of morpholine rings is 1. The Labute approximate surface area is 181 Å². The third kappa shape index (κ3) is 4.85. The molecule has 166 valence electrons. The van der Waals surface area contributed by atoms with Crippen LogP contribution in [0, 0.1) is 10.1 Å². The van der Waals surface area contributed by atoms with E-state index >= 15 is 0 Å². The molecule has 2 saturated heterocycles. The lowest BCUT2D eigenvalue weighted by atomic mass is 10.2. The summed E-state index contributed by atoms with van der Waals surface area (Å²) in [5, 5.41) is 11.8. The van der Waals surface area contributed by atoms with Gasteiger partial charge in [0, 0.05) is 64.3 Å². The van der Waals surface area contributed by atoms with Crippen LogP contribution in [0.1, 0.15) is 5.56 Å². The summed E-state index contributed by atoms with van der Waals surface area (Å²) in [4.78, 5) is 19.6. The van der Waals surface area contributed by atoms with E-state index in [0.29, 0.717) is 32.0 Å². The number of nitro groups is 1. The molecule has 11 heteroatoms. The second-order valence-electron chi connectivity index (χ2n) is 7.55. The molecule has 0 aliphatic carbocycles. The van der Waals surface area contributed by atoms with Crippen LogP contribution in [0.5, 0.6) is 0 Å². The minimum atomic E-state index is -3.79. The van der Waals surface area contributed by atoms with Crippen molar-refractivity contribution < 1.29 is 18.1 Å². The fourth-order valence-electron chi connectivity index (χ4n) is 3.91. The number of hydrogen-bond donors (Lipinski definition) is 0. The van der Waals surface area contributed by atoms with Crippen molar-refractivity contribution in [3.05, 3.63) is 58.4 Å². The monoisotopic (exact) mass is 447 g/mol. The van der Waals surface area contributed by atoms with Gasteiger partial charge in [-0.3, -0.25) is 20.0 Å². The number of pyridine rings is 1. The van der Waals surface area contributed by atoms with Gasteiger partial charge in [0.05, 0.1) is 23.0 Å². The Hall–Kier alpha value is -2.60. The fraction of sp³-hybridized carbons (Fsp3) is 0.450. The topological polar surface area (TPSA) is 109 Å². The molecule has 4 rings (SSSR count). The molecule has 3 heterocycles.